The first-order valence-corrected chi connectivity index (χ1v) is 9.50. The van der Waals surface area contributed by atoms with Crippen LogP contribution in [-0.2, 0) is 4.79 Å². The van der Waals surface area contributed by atoms with Gasteiger partial charge in [-0.15, -0.1) is 0 Å². The van der Waals surface area contributed by atoms with E-state index in [1.165, 1.54) is 38.6 Å². The highest BCUT2D eigenvalue weighted by Gasteiger charge is 2.28. The van der Waals surface area contributed by atoms with Crippen LogP contribution in [0.25, 0.3) is 0 Å². The molecule has 0 bridgehead atoms. The van der Waals surface area contributed by atoms with Gasteiger partial charge in [0.1, 0.15) is 0 Å². The van der Waals surface area contributed by atoms with Crippen molar-refractivity contribution >= 4 is 5.91 Å². The lowest BCUT2D eigenvalue weighted by Crippen LogP contribution is -2.51. The van der Waals surface area contributed by atoms with Crippen LogP contribution in [0.15, 0.2) is 0 Å². The molecule has 2 aliphatic heterocycles. The van der Waals surface area contributed by atoms with Crippen molar-refractivity contribution in [3.05, 3.63) is 0 Å². The van der Waals surface area contributed by atoms with Crippen LogP contribution in [0.1, 0.15) is 32.1 Å². The fraction of sp³-hybridized carbons (Fsp3) is 0.944. The number of carbonyl (C=O) groups is 1. The summed E-state index contributed by atoms with van der Waals surface area (Å²) < 4.78 is 0. The molecule has 5 heteroatoms. The Kier molecular flexibility index (Phi) is 5.94. The lowest BCUT2D eigenvalue weighted by atomic mass is 10.1. The lowest BCUT2D eigenvalue weighted by molar-refractivity contribution is -0.134. The van der Waals surface area contributed by atoms with Crippen molar-refractivity contribution in [2.45, 2.75) is 38.1 Å². The molecule has 3 rings (SSSR count). The van der Waals surface area contributed by atoms with Crippen molar-refractivity contribution in [2.75, 3.05) is 66.5 Å². The summed E-state index contributed by atoms with van der Waals surface area (Å²) in [6, 6.07) is 0.617. The van der Waals surface area contributed by atoms with E-state index in [2.05, 4.69) is 33.7 Å². The number of hydrogen-bond acceptors (Lipinski definition) is 4. The molecule has 132 valence electrons. The normalized spacial score (nSPS) is 28.1. The average molecular weight is 322 g/mol. The maximum absolute atomic E-state index is 12.5. The van der Waals surface area contributed by atoms with Crippen LogP contribution in [0.5, 0.6) is 0 Å². The van der Waals surface area contributed by atoms with Crippen LogP contribution < -0.4 is 0 Å². The fourth-order valence-electron chi connectivity index (χ4n) is 4.41. The first-order valence-electron chi connectivity index (χ1n) is 9.50. The molecule has 1 aliphatic carbocycles. The standard InChI is InChI=1S/C18H34N4O/c1-19(2)17-7-8-21(14-17)15-18(23)22-11-9-20(10-12-22)13-16-5-3-4-6-16/h16-17H,3-15H2,1-2H3. The first kappa shape index (κ1) is 17.2. The van der Waals surface area contributed by atoms with E-state index in [-0.39, 0.29) is 0 Å². The molecule has 0 N–H and O–H groups in total. The van der Waals surface area contributed by atoms with Crippen molar-refractivity contribution < 1.29 is 4.79 Å². The van der Waals surface area contributed by atoms with Crippen molar-refractivity contribution in [3.63, 3.8) is 0 Å². The third-order valence-electron chi connectivity index (χ3n) is 6.05. The van der Waals surface area contributed by atoms with Gasteiger partial charge in [0.2, 0.25) is 5.91 Å². The number of amides is 1. The minimum Gasteiger partial charge on any atom is -0.339 e. The third kappa shape index (κ3) is 4.68. The zero-order valence-electron chi connectivity index (χ0n) is 15.0. The summed E-state index contributed by atoms with van der Waals surface area (Å²) in [6.45, 7) is 7.99. The summed E-state index contributed by atoms with van der Waals surface area (Å²) in [5.41, 5.74) is 0. The minimum atomic E-state index is 0.338. The van der Waals surface area contributed by atoms with Gasteiger partial charge in [-0.05, 0) is 39.3 Å². The van der Waals surface area contributed by atoms with Crippen LogP contribution in [-0.4, -0.2) is 98.0 Å². The summed E-state index contributed by atoms with van der Waals surface area (Å²) in [4.78, 5) is 21.8. The largest absolute Gasteiger partial charge is 0.339 e. The van der Waals surface area contributed by atoms with Gasteiger partial charge in [0.05, 0.1) is 6.54 Å². The Morgan fingerprint density at radius 1 is 0.957 bits per heavy atom. The van der Waals surface area contributed by atoms with E-state index in [0.29, 0.717) is 18.5 Å². The van der Waals surface area contributed by atoms with Gasteiger partial charge >= 0.3 is 0 Å². The number of piperazine rings is 1. The second-order valence-electron chi connectivity index (χ2n) is 7.97. The van der Waals surface area contributed by atoms with Crippen LogP contribution in [0.2, 0.25) is 0 Å². The van der Waals surface area contributed by atoms with Crippen LogP contribution >= 0.6 is 0 Å². The van der Waals surface area contributed by atoms with Crippen LogP contribution in [0, 0.1) is 5.92 Å². The molecule has 0 aromatic rings. The zero-order valence-corrected chi connectivity index (χ0v) is 15.0. The molecule has 2 saturated heterocycles. The van der Waals surface area contributed by atoms with E-state index in [4.69, 9.17) is 0 Å². The average Bonchev–Trinajstić information content (AvgIpc) is 3.19. The second-order valence-corrected chi connectivity index (χ2v) is 7.97. The smallest absolute Gasteiger partial charge is 0.236 e. The third-order valence-corrected chi connectivity index (χ3v) is 6.05. The Labute approximate surface area is 141 Å². The SMILES string of the molecule is CN(C)C1CCN(CC(=O)N2CCN(CC3CCCC3)CC2)C1. The number of carbonyl (C=O) groups excluding carboxylic acids is 1. The molecule has 1 atom stereocenters. The minimum absolute atomic E-state index is 0.338. The molecular formula is C18H34N4O. The monoisotopic (exact) mass is 322 g/mol. The van der Waals surface area contributed by atoms with Gasteiger partial charge < -0.3 is 9.80 Å². The van der Waals surface area contributed by atoms with E-state index < -0.39 is 0 Å². The summed E-state index contributed by atoms with van der Waals surface area (Å²) in [6.07, 6.45) is 6.87. The van der Waals surface area contributed by atoms with E-state index in [9.17, 15) is 4.79 Å². The maximum Gasteiger partial charge on any atom is 0.236 e. The number of likely N-dealkylation sites (tertiary alicyclic amines) is 1. The Morgan fingerprint density at radius 2 is 1.65 bits per heavy atom. The van der Waals surface area contributed by atoms with E-state index in [1.807, 2.05) is 0 Å². The molecule has 2 heterocycles. The van der Waals surface area contributed by atoms with Crippen molar-refractivity contribution in [1.82, 2.24) is 19.6 Å². The molecule has 0 radical (unpaired) electrons. The van der Waals surface area contributed by atoms with Gasteiger partial charge in [-0.3, -0.25) is 14.6 Å². The zero-order chi connectivity index (χ0) is 16.2. The number of likely N-dealkylation sites (N-methyl/N-ethyl adjacent to an activating group) is 1. The lowest BCUT2D eigenvalue weighted by Gasteiger charge is -2.36. The molecular weight excluding hydrogens is 288 g/mol. The number of rotatable bonds is 5. The highest BCUT2D eigenvalue weighted by atomic mass is 16.2. The molecule has 5 nitrogen and oxygen atoms in total. The van der Waals surface area contributed by atoms with Crippen molar-refractivity contribution in [3.8, 4) is 0 Å². The van der Waals surface area contributed by atoms with Crippen molar-refractivity contribution in [1.29, 1.82) is 0 Å². The molecule has 3 aliphatic rings. The number of nitrogens with zero attached hydrogens (tertiary/aromatic N) is 4. The van der Waals surface area contributed by atoms with Gasteiger partial charge in [-0.2, -0.15) is 0 Å². The summed E-state index contributed by atoms with van der Waals surface area (Å²) in [5, 5.41) is 0. The van der Waals surface area contributed by atoms with Gasteiger partial charge in [0.15, 0.2) is 0 Å². The Bertz CT molecular complexity index is 386. The van der Waals surface area contributed by atoms with E-state index in [1.54, 1.807) is 0 Å². The topological polar surface area (TPSA) is 30.0 Å². The van der Waals surface area contributed by atoms with Crippen LogP contribution in [0.3, 0.4) is 0 Å². The van der Waals surface area contributed by atoms with Gasteiger partial charge in [-0.1, -0.05) is 12.8 Å². The summed E-state index contributed by atoms with van der Waals surface area (Å²) in [7, 11) is 4.28. The van der Waals surface area contributed by atoms with Gasteiger partial charge in [0, 0.05) is 51.9 Å². The number of hydrogen-bond donors (Lipinski definition) is 0. The van der Waals surface area contributed by atoms with Crippen molar-refractivity contribution in [2.24, 2.45) is 5.92 Å². The predicted octanol–water partition coefficient (Wildman–Crippen LogP) is 0.957. The molecule has 3 fully saturated rings. The maximum atomic E-state index is 12.5. The Morgan fingerprint density at radius 3 is 2.26 bits per heavy atom. The summed E-state index contributed by atoms with van der Waals surface area (Å²) in [5.74, 6) is 1.26. The molecule has 0 aromatic carbocycles. The van der Waals surface area contributed by atoms with Gasteiger partial charge in [0.25, 0.3) is 0 Å². The Balaban J connectivity index is 1.36. The molecule has 0 aromatic heterocycles. The van der Waals surface area contributed by atoms with Crippen LogP contribution in [0.4, 0.5) is 0 Å². The molecule has 23 heavy (non-hydrogen) atoms. The molecule has 1 saturated carbocycles. The fourth-order valence-corrected chi connectivity index (χ4v) is 4.41. The first-order chi connectivity index (χ1) is 11.1. The molecule has 1 amide bonds. The van der Waals surface area contributed by atoms with E-state index in [0.717, 1.165) is 45.2 Å². The highest BCUT2D eigenvalue weighted by Crippen LogP contribution is 2.25. The van der Waals surface area contributed by atoms with Gasteiger partial charge in [-0.25, -0.2) is 0 Å². The second kappa shape index (κ2) is 7.95. The van der Waals surface area contributed by atoms with E-state index >= 15 is 0 Å². The Hall–Kier alpha value is -0.650. The predicted molar refractivity (Wildman–Crippen MR) is 93.5 cm³/mol. The molecule has 0 spiro atoms. The summed E-state index contributed by atoms with van der Waals surface area (Å²) >= 11 is 0. The highest BCUT2D eigenvalue weighted by molar-refractivity contribution is 5.78. The quantitative estimate of drug-likeness (QED) is 0.754. The molecule has 1 unspecified atom stereocenters.